The van der Waals surface area contributed by atoms with Crippen LogP contribution in [-0.4, -0.2) is 40.1 Å². The molecule has 110 valence electrons. The van der Waals surface area contributed by atoms with Crippen LogP contribution in [0.1, 0.15) is 53.2 Å². The van der Waals surface area contributed by atoms with E-state index >= 15 is 0 Å². The molecule has 20 heavy (non-hydrogen) atoms. The summed E-state index contributed by atoms with van der Waals surface area (Å²) in [6, 6.07) is 0. The third kappa shape index (κ3) is 2.74. The Hall–Kier alpha value is -0.940. The molecule has 1 amide bonds. The van der Waals surface area contributed by atoms with Gasteiger partial charge >= 0.3 is 0 Å². The van der Waals surface area contributed by atoms with Crippen LogP contribution in [-0.2, 0) is 0 Å². The summed E-state index contributed by atoms with van der Waals surface area (Å²) in [4.78, 5) is 19.3. The Bertz CT molecular complexity index is 482. The lowest BCUT2D eigenvalue weighted by molar-refractivity contribution is 0.0170. The second-order valence-electron chi connectivity index (χ2n) is 6.27. The Labute approximate surface area is 123 Å². The Morgan fingerprint density at radius 2 is 2.00 bits per heavy atom. The van der Waals surface area contributed by atoms with E-state index in [2.05, 4.69) is 4.98 Å². The van der Waals surface area contributed by atoms with Crippen molar-refractivity contribution >= 4 is 17.2 Å². The minimum absolute atomic E-state index is 0.0968. The van der Waals surface area contributed by atoms with E-state index in [1.807, 2.05) is 11.8 Å². The van der Waals surface area contributed by atoms with Gasteiger partial charge in [-0.25, -0.2) is 4.98 Å². The van der Waals surface area contributed by atoms with Crippen molar-refractivity contribution < 1.29 is 9.90 Å². The molecule has 2 fully saturated rings. The molecule has 3 rings (SSSR count). The molecule has 2 heterocycles. The zero-order chi connectivity index (χ0) is 14.2. The molecule has 1 aliphatic carbocycles. The van der Waals surface area contributed by atoms with Gasteiger partial charge in [-0.15, -0.1) is 11.3 Å². The summed E-state index contributed by atoms with van der Waals surface area (Å²) >= 11 is 1.48. The zero-order valence-electron chi connectivity index (χ0n) is 12.0. The number of hydrogen-bond donors (Lipinski definition) is 1. The monoisotopic (exact) mass is 294 g/mol. The van der Waals surface area contributed by atoms with Crippen molar-refractivity contribution in [2.24, 2.45) is 5.41 Å². The number of rotatable bonds is 1. The van der Waals surface area contributed by atoms with Crippen LogP contribution >= 0.6 is 11.3 Å². The van der Waals surface area contributed by atoms with Crippen molar-refractivity contribution in [1.29, 1.82) is 0 Å². The number of nitrogens with zero attached hydrogens (tertiary/aromatic N) is 2. The van der Waals surface area contributed by atoms with E-state index in [1.54, 1.807) is 6.20 Å². The van der Waals surface area contributed by atoms with Gasteiger partial charge in [0.15, 0.2) is 0 Å². The summed E-state index contributed by atoms with van der Waals surface area (Å²) in [6.45, 7) is 3.64. The van der Waals surface area contributed by atoms with E-state index in [0.29, 0.717) is 5.41 Å². The topological polar surface area (TPSA) is 53.4 Å². The standard InChI is InChI=1S/C15H22N2O2S/c1-11-16-10-13(20-11)14(19)17-8-6-15(7-9-17)4-2-12(18)3-5-15/h10,12,18H,2-9H2,1H3. The van der Waals surface area contributed by atoms with E-state index in [-0.39, 0.29) is 12.0 Å². The third-order valence-electron chi connectivity index (χ3n) is 4.96. The second-order valence-corrected chi connectivity index (χ2v) is 7.50. The fourth-order valence-electron chi connectivity index (χ4n) is 3.52. The molecule has 4 nitrogen and oxygen atoms in total. The van der Waals surface area contributed by atoms with E-state index in [0.717, 1.165) is 61.5 Å². The number of aryl methyl sites for hydroxylation is 1. The molecule has 0 radical (unpaired) electrons. The lowest BCUT2D eigenvalue weighted by Gasteiger charge is -2.45. The van der Waals surface area contributed by atoms with Gasteiger partial charge in [0.25, 0.3) is 5.91 Å². The van der Waals surface area contributed by atoms with Gasteiger partial charge in [-0.3, -0.25) is 4.79 Å². The summed E-state index contributed by atoms with van der Waals surface area (Å²) in [6.07, 6.45) is 7.88. The SMILES string of the molecule is Cc1ncc(C(=O)N2CCC3(CCC(O)CC3)CC2)s1. The number of piperidine rings is 1. The zero-order valence-corrected chi connectivity index (χ0v) is 12.8. The highest BCUT2D eigenvalue weighted by Crippen LogP contribution is 2.44. The summed E-state index contributed by atoms with van der Waals surface area (Å²) in [7, 11) is 0. The fraction of sp³-hybridized carbons (Fsp3) is 0.733. The van der Waals surface area contributed by atoms with Crippen LogP contribution in [0.25, 0.3) is 0 Å². The van der Waals surface area contributed by atoms with Crippen molar-refractivity contribution in [2.45, 2.75) is 51.6 Å². The molecule has 1 aliphatic heterocycles. The summed E-state index contributed by atoms with van der Waals surface area (Å²) in [5, 5.41) is 10.6. The lowest BCUT2D eigenvalue weighted by Crippen LogP contribution is -2.44. The largest absolute Gasteiger partial charge is 0.393 e. The second kappa shape index (κ2) is 5.45. The van der Waals surface area contributed by atoms with Crippen LogP contribution in [0.5, 0.6) is 0 Å². The first-order chi connectivity index (χ1) is 9.58. The molecule has 0 aromatic carbocycles. The quantitative estimate of drug-likeness (QED) is 0.866. The highest BCUT2D eigenvalue weighted by atomic mass is 32.1. The molecular formula is C15H22N2O2S. The van der Waals surface area contributed by atoms with Crippen LogP contribution in [0.3, 0.4) is 0 Å². The maximum atomic E-state index is 12.4. The summed E-state index contributed by atoms with van der Waals surface area (Å²) in [5.74, 6) is 0.140. The first kappa shape index (κ1) is 14.0. The minimum Gasteiger partial charge on any atom is -0.393 e. The Balaban J connectivity index is 1.60. The van der Waals surface area contributed by atoms with Crippen LogP contribution in [0, 0.1) is 12.3 Å². The molecule has 1 aromatic heterocycles. The molecule has 1 spiro atoms. The predicted octanol–water partition coefficient (Wildman–Crippen LogP) is 2.61. The van der Waals surface area contributed by atoms with Crippen LogP contribution in [0.15, 0.2) is 6.20 Å². The number of amides is 1. The molecule has 5 heteroatoms. The fourth-order valence-corrected chi connectivity index (χ4v) is 4.26. The number of likely N-dealkylation sites (tertiary alicyclic amines) is 1. The summed E-state index contributed by atoms with van der Waals surface area (Å²) < 4.78 is 0. The summed E-state index contributed by atoms with van der Waals surface area (Å²) in [5.41, 5.74) is 0.389. The van der Waals surface area contributed by atoms with Crippen LogP contribution in [0.2, 0.25) is 0 Å². The molecule has 1 saturated carbocycles. The number of carbonyl (C=O) groups excluding carboxylic acids is 1. The normalized spacial score (nSPS) is 23.2. The Morgan fingerprint density at radius 1 is 1.35 bits per heavy atom. The van der Waals surface area contributed by atoms with Gasteiger partial charge < -0.3 is 10.0 Å². The van der Waals surface area contributed by atoms with Gasteiger partial charge in [-0.2, -0.15) is 0 Å². The van der Waals surface area contributed by atoms with Crippen LogP contribution < -0.4 is 0 Å². The number of aromatic nitrogens is 1. The van der Waals surface area contributed by atoms with E-state index in [1.165, 1.54) is 11.3 Å². The van der Waals surface area contributed by atoms with E-state index < -0.39 is 0 Å². The Morgan fingerprint density at radius 3 is 2.55 bits per heavy atom. The molecule has 0 bridgehead atoms. The molecule has 0 unspecified atom stereocenters. The van der Waals surface area contributed by atoms with Gasteiger partial charge in [0.2, 0.25) is 0 Å². The van der Waals surface area contributed by atoms with Gasteiger partial charge in [-0.05, 0) is 50.9 Å². The average molecular weight is 294 g/mol. The number of hydrogen-bond acceptors (Lipinski definition) is 4. The maximum Gasteiger partial charge on any atom is 0.265 e. The average Bonchev–Trinajstić information content (AvgIpc) is 2.89. The predicted molar refractivity (Wildman–Crippen MR) is 78.9 cm³/mol. The van der Waals surface area contributed by atoms with Crippen molar-refractivity contribution in [3.63, 3.8) is 0 Å². The van der Waals surface area contributed by atoms with Crippen LogP contribution in [0.4, 0.5) is 0 Å². The lowest BCUT2D eigenvalue weighted by atomic mass is 9.67. The first-order valence-corrected chi connectivity index (χ1v) is 8.29. The number of carbonyl (C=O) groups is 1. The molecule has 0 atom stereocenters. The van der Waals surface area contributed by atoms with E-state index in [4.69, 9.17) is 0 Å². The van der Waals surface area contributed by atoms with Crippen molar-refractivity contribution in [3.05, 3.63) is 16.1 Å². The maximum absolute atomic E-state index is 12.4. The van der Waals surface area contributed by atoms with E-state index in [9.17, 15) is 9.90 Å². The molecule has 2 aliphatic rings. The number of thiazole rings is 1. The first-order valence-electron chi connectivity index (χ1n) is 7.48. The molecule has 1 aromatic rings. The minimum atomic E-state index is -0.0968. The Kier molecular flexibility index (Phi) is 3.82. The van der Waals surface area contributed by atoms with Gasteiger partial charge in [0.05, 0.1) is 17.3 Å². The number of aliphatic hydroxyl groups excluding tert-OH is 1. The smallest absolute Gasteiger partial charge is 0.265 e. The highest BCUT2D eigenvalue weighted by Gasteiger charge is 2.38. The van der Waals surface area contributed by atoms with Gasteiger partial charge in [-0.1, -0.05) is 0 Å². The third-order valence-corrected chi connectivity index (χ3v) is 5.86. The molecular weight excluding hydrogens is 272 g/mol. The molecule has 1 saturated heterocycles. The van der Waals surface area contributed by atoms with Crippen molar-refractivity contribution in [1.82, 2.24) is 9.88 Å². The van der Waals surface area contributed by atoms with Gasteiger partial charge in [0.1, 0.15) is 4.88 Å². The van der Waals surface area contributed by atoms with Gasteiger partial charge in [0, 0.05) is 13.1 Å². The highest BCUT2D eigenvalue weighted by molar-refractivity contribution is 7.13. The molecule has 1 N–H and O–H groups in total. The van der Waals surface area contributed by atoms with Crippen molar-refractivity contribution in [2.75, 3.05) is 13.1 Å². The number of aliphatic hydroxyl groups is 1. The van der Waals surface area contributed by atoms with Crippen molar-refractivity contribution in [3.8, 4) is 0 Å².